The number of aryl methyl sites for hydroxylation is 4. The van der Waals surface area contributed by atoms with Crippen molar-refractivity contribution in [3.05, 3.63) is 315 Å². The van der Waals surface area contributed by atoms with E-state index in [1.807, 2.05) is 24.3 Å². The number of rotatable bonds is 8. The number of carbonyl (C=O) groups is 2. The standard InChI is InChI=1S/C82H46N8O2S4/c1-43-13-23-51(24-14-43)81(52-25-15-44(2)16-26-52)65-33-47(75-89-79-77(95-75)87-69(93-79)37-63-71(49(39-83)40-84)57-9-5-7-11-59(57)73(63)91)21-31-55(65)61-36-68-62(35-67(61)81)56-32-22-48(34-66(56)82(68,53-27-17-45(3)18-28-53)54-29-19-46(4)20-30-54)76-90-80-78(96-76)88-70(94-80)38-64-72(50(41-85)42-86)58-10-6-8-12-60(58)74(64)92/h5-38H,1-4H3/b63-37-,64-38-. The molecule has 0 fully saturated rings. The fourth-order valence-corrected chi connectivity index (χ4v) is 18.8. The van der Waals surface area contributed by atoms with E-state index in [9.17, 15) is 30.6 Å². The van der Waals surface area contributed by atoms with Crippen molar-refractivity contribution in [3.8, 4) is 67.7 Å². The number of benzene rings is 9. The first-order valence-electron chi connectivity index (χ1n) is 31.0. The van der Waals surface area contributed by atoms with Gasteiger partial charge in [-0.15, -0.1) is 0 Å². The van der Waals surface area contributed by atoms with E-state index >= 15 is 0 Å². The third-order valence-electron chi connectivity index (χ3n) is 19.2. The number of hydrogen-bond donors (Lipinski definition) is 0. The highest BCUT2D eigenvalue weighted by Crippen LogP contribution is 2.64. The highest BCUT2D eigenvalue weighted by molar-refractivity contribution is 7.29. The van der Waals surface area contributed by atoms with Crippen LogP contribution >= 0.6 is 45.3 Å². The van der Waals surface area contributed by atoms with Crippen LogP contribution in [0, 0.1) is 73.0 Å². The molecule has 96 heavy (non-hydrogen) atoms. The lowest BCUT2D eigenvalue weighted by Gasteiger charge is -2.36. The number of Topliss-reactive ketones (excluding diaryl/α,β-unsaturated/α-hetero) is 2. The second-order valence-electron chi connectivity index (χ2n) is 24.6. The number of fused-ring (bicyclic) bond motifs is 10. The van der Waals surface area contributed by atoms with Gasteiger partial charge in [0.25, 0.3) is 0 Å². The molecule has 0 amide bonds. The number of ketones is 2. The summed E-state index contributed by atoms with van der Waals surface area (Å²) >= 11 is 5.72. The van der Waals surface area contributed by atoms with Crippen LogP contribution in [0.2, 0.25) is 0 Å². The molecule has 14 heteroatoms. The first kappa shape index (κ1) is 58.1. The third-order valence-corrected chi connectivity index (χ3v) is 23.3. The lowest BCUT2D eigenvalue weighted by molar-refractivity contribution is 0.103. The average molecular weight is 1300 g/mol. The van der Waals surface area contributed by atoms with Gasteiger partial charge in [0.05, 0.1) is 10.8 Å². The van der Waals surface area contributed by atoms with E-state index in [1.54, 1.807) is 60.7 Å². The smallest absolute Gasteiger partial charge is 0.194 e. The molecule has 0 saturated carbocycles. The lowest BCUT2D eigenvalue weighted by Crippen LogP contribution is -2.30. The van der Waals surface area contributed by atoms with Crippen molar-refractivity contribution in [1.82, 2.24) is 19.9 Å². The Hall–Kier alpha value is -11.7. The Balaban J connectivity index is 0.840. The van der Waals surface area contributed by atoms with Crippen LogP contribution in [0.4, 0.5) is 0 Å². The Kier molecular flexibility index (Phi) is 13.3. The van der Waals surface area contributed by atoms with Crippen molar-refractivity contribution in [2.24, 2.45) is 0 Å². The zero-order valence-corrected chi connectivity index (χ0v) is 54.9. The van der Waals surface area contributed by atoms with Gasteiger partial charge in [0.2, 0.25) is 0 Å². The summed E-state index contributed by atoms with van der Waals surface area (Å²) < 4.78 is 0. The zero-order chi connectivity index (χ0) is 65.5. The molecule has 4 aromatic heterocycles. The molecule has 13 aromatic rings. The van der Waals surface area contributed by atoms with E-state index in [0.29, 0.717) is 62.7 Å². The first-order valence-corrected chi connectivity index (χ1v) is 34.2. The van der Waals surface area contributed by atoms with Crippen LogP contribution < -0.4 is 0 Å². The highest BCUT2D eigenvalue weighted by atomic mass is 32.1. The van der Waals surface area contributed by atoms with Gasteiger partial charge in [0, 0.05) is 44.5 Å². The zero-order valence-electron chi connectivity index (χ0n) is 51.7. The fraction of sp³-hybridized carbons (Fsp3) is 0.0732. The third kappa shape index (κ3) is 8.54. The van der Waals surface area contributed by atoms with E-state index < -0.39 is 10.8 Å². The summed E-state index contributed by atoms with van der Waals surface area (Å²) in [5.74, 6) is -0.513. The van der Waals surface area contributed by atoms with Crippen molar-refractivity contribution in [2.75, 3.05) is 0 Å². The number of aromatic nitrogens is 4. The Morgan fingerprint density at radius 2 is 0.667 bits per heavy atom. The summed E-state index contributed by atoms with van der Waals surface area (Å²) in [4.78, 5) is 51.3. The average Bonchev–Trinajstić information content (AvgIpc) is 1.51. The molecule has 9 aromatic carbocycles. The maximum atomic E-state index is 13.9. The van der Waals surface area contributed by atoms with Gasteiger partial charge >= 0.3 is 0 Å². The Morgan fingerprint density at radius 3 is 0.990 bits per heavy atom. The van der Waals surface area contributed by atoms with Gasteiger partial charge < -0.3 is 0 Å². The molecule has 0 unspecified atom stereocenters. The van der Waals surface area contributed by atoms with Crippen LogP contribution in [0.25, 0.3) is 86.0 Å². The molecule has 10 nitrogen and oxygen atoms in total. The van der Waals surface area contributed by atoms with Gasteiger partial charge in [-0.2, -0.15) is 21.0 Å². The van der Waals surface area contributed by atoms with Gasteiger partial charge in [0.1, 0.15) is 55.5 Å². The normalized spacial score (nSPS) is 15.0. The second-order valence-corrected chi connectivity index (χ2v) is 28.6. The van der Waals surface area contributed by atoms with E-state index in [1.165, 1.54) is 45.3 Å². The summed E-state index contributed by atoms with van der Waals surface area (Å²) in [7, 11) is 0. The Labute approximate surface area is 567 Å². The summed E-state index contributed by atoms with van der Waals surface area (Å²) in [6, 6.07) is 76.7. The largest absolute Gasteiger partial charge is 0.289 e. The first-order chi connectivity index (χ1) is 46.8. The molecule has 4 aliphatic carbocycles. The number of carbonyl (C=O) groups excluding carboxylic acids is 2. The minimum absolute atomic E-state index is 0.125. The molecule has 0 N–H and O–H groups in total. The van der Waals surface area contributed by atoms with Crippen molar-refractivity contribution in [1.29, 1.82) is 21.0 Å². The van der Waals surface area contributed by atoms with Gasteiger partial charge in [0.15, 0.2) is 30.9 Å². The lowest BCUT2D eigenvalue weighted by atomic mass is 9.65. The summed E-state index contributed by atoms with van der Waals surface area (Å²) in [6.45, 7) is 8.51. The number of hydrogen-bond acceptors (Lipinski definition) is 14. The van der Waals surface area contributed by atoms with Crippen molar-refractivity contribution in [2.45, 2.75) is 38.5 Å². The van der Waals surface area contributed by atoms with E-state index in [-0.39, 0.29) is 33.9 Å². The van der Waals surface area contributed by atoms with E-state index in [0.717, 1.165) is 110 Å². The second kappa shape index (κ2) is 21.9. The van der Waals surface area contributed by atoms with E-state index in [2.05, 4.69) is 173 Å². The van der Waals surface area contributed by atoms with E-state index in [4.69, 9.17) is 19.9 Å². The monoisotopic (exact) mass is 1300 g/mol. The van der Waals surface area contributed by atoms with Crippen LogP contribution in [-0.4, -0.2) is 31.5 Å². The molecular formula is C82H46N8O2S4. The maximum absolute atomic E-state index is 13.9. The molecule has 4 aliphatic rings. The molecule has 450 valence electrons. The Morgan fingerprint density at radius 1 is 0.354 bits per heavy atom. The van der Waals surface area contributed by atoms with Gasteiger partial charge in [-0.25, -0.2) is 19.9 Å². The predicted molar refractivity (Wildman–Crippen MR) is 382 cm³/mol. The quantitative estimate of drug-likeness (QED) is 0.105. The molecular weight excluding hydrogens is 1260 g/mol. The molecule has 0 atom stereocenters. The maximum Gasteiger partial charge on any atom is 0.194 e. The SMILES string of the molecule is Cc1ccc(C2(c3ccc(C)cc3)c3cc(-c4nc5sc(/C=C6\C(=O)c7ccccc7C6=C(C#N)C#N)nc5s4)ccc3-c3cc4c(cc32)-c2ccc(-c3nc5sc(/C=C6\C(=O)c7ccccc7C6=C(C#N)C#N)nc5s3)cc2C4(c2ccc(C)cc2)c2ccc(C)cc2)cc1. The summed E-state index contributed by atoms with van der Waals surface area (Å²) in [5, 5.41) is 42.7. The fourth-order valence-electron chi connectivity index (χ4n) is 14.8. The number of nitrogens with zero attached hydrogens (tertiary/aromatic N) is 8. The topological polar surface area (TPSA) is 181 Å². The molecule has 0 aliphatic heterocycles. The van der Waals surface area contributed by atoms with Crippen LogP contribution in [-0.2, 0) is 10.8 Å². The van der Waals surface area contributed by atoms with Crippen molar-refractivity contribution >= 4 is 99.5 Å². The predicted octanol–water partition coefficient (Wildman–Crippen LogP) is 19.3. The van der Waals surface area contributed by atoms with Crippen LogP contribution in [0.1, 0.15) is 109 Å². The van der Waals surface area contributed by atoms with Gasteiger partial charge in [-0.3, -0.25) is 9.59 Å². The minimum Gasteiger partial charge on any atom is -0.289 e. The molecule has 0 radical (unpaired) electrons. The molecule has 4 heterocycles. The van der Waals surface area contributed by atoms with Crippen molar-refractivity contribution in [3.63, 3.8) is 0 Å². The molecule has 0 bridgehead atoms. The minimum atomic E-state index is -0.820. The number of nitriles is 4. The molecule has 0 spiro atoms. The van der Waals surface area contributed by atoms with Crippen molar-refractivity contribution < 1.29 is 9.59 Å². The number of thiazole rings is 4. The molecule has 0 saturated heterocycles. The molecule has 17 rings (SSSR count). The van der Waals surface area contributed by atoms with Crippen LogP contribution in [0.3, 0.4) is 0 Å². The summed E-state index contributed by atoms with van der Waals surface area (Å²) in [6.07, 6.45) is 3.38. The summed E-state index contributed by atoms with van der Waals surface area (Å²) in [5.41, 5.74) is 21.3. The van der Waals surface area contributed by atoms with Gasteiger partial charge in [-0.1, -0.05) is 237 Å². The highest BCUT2D eigenvalue weighted by Gasteiger charge is 2.52. The Bertz CT molecular complexity index is 5410. The van der Waals surface area contributed by atoms with Crippen LogP contribution in [0.5, 0.6) is 0 Å². The van der Waals surface area contributed by atoms with Gasteiger partial charge in [-0.05, 0) is 142 Å². The number of allylic oxidation sites excluding steroid dienone is 6. The van der Waals surface area contributed by atoms with Crippen LogP contribution in [0.15, 0.2) is 216 Å².